The SMILES string of the molecule is Cc1ccc(Cl)c2sc(N(Cc3ccccn3)C(=O)c3nccn3C)nc12. The number of pyridine rings is 1. The molecule has 0 unspecified atom stereocenters. The van der Waals surface area contributed by atoms with Gasteiger partial charge in [0.15, 0.2) is 11.0 Å². The van der Waals surface area contributed by atoms with Gasteiger partial charge >= 0.3 is 0 Å². The summed E-state index contributed by atoms with van der Waals surface area (Å²) in [4.78, 5) is 28.1. The third kappa shape index (κ3) is 3.31. The highest BCUT2D eigenvalue weighted by Gasteiger charge is 2.25. The molecule has 0 N–H and O–H groups in total. The standard InChI is InChI=1S/C19H16ClN5OS/c1-12-6-7-14(20)16-15(12)23-19(27-16)25(11-13-5-3-4-8-21-13)18(26)17-22-9-10-24(17)2/h3-10H,11H2,1-2H3. The van der Waals surface area contributed by atoms with Crippen molar-refractivity contribution in [2.24, 2.45) is 7.05 Å². The highest BCUT2D eigenvalue weighted by Crippen LogP contribution is 2.36. The van der Waals surface area contributed by atoms with E-state index in [1.54, 1.807) is 35.1 Å². The van der Waals surface area contributed by atoms with Crippen molar-refractivity contribution in [2.75, 3.05) is 4.90 Å². The summed E-state index contributed by atoms with van der Waals surface area (Å²) in [5.74, 6) is 0.106. The summed E-state index contributed by atoms with van der Waals surface area (Å²) in [6.07, 6.45) is 5.05. The molecule has 1 amide bonds. The molecule has 3 aromatic heterocycles. The maximum absolute atomic E-state index is 13.2. The molecule has 0 radical (unpaired) electrons. The lowest BCUT2D eigenvalue weighted by Crippen LogP contribution is -2.32. The first kappa shape index (κ1) is 17.6. The number of rotatable bonds is 4. The summed E-state index contributed by atoms with van der Waals surface area (Å²) < 4.78 is 2.56. The fourth-order valence-corrected chi connectivity index (χ4v) is 4.09. The van der Waals surface area contributed by atoms with E-state index in [0.717, 1.165) is 21.5 Å². The Bertz CT molecular complexity index is 1080. The van der Waals surface area contributed by atoms with Crippen molar-refractivity contribution in [2.45, 2.75) is 13.5 Å². The third-order valence-electron chi connectivity index (χ3n) is 4.22. The normalized spacial score (nSPS) is 11.1. The number of nitrogens with zero attached hydrogens (tertiary/aromatic N) is 5. The molecule has 3 heterocycles. The smallest absolute Gasteiger partial charge is 0.296 e. The van der Waals surface area contributed by atoms with Crippen LogP contribution in [0.5, 0.6) is 0 Å². The maximum Gasteiger partial charge on any atom is 0.296 e. The van der Waals surface area contributed by atoms with Crippen LogP contribution in [0.3, 0.4) is 0 Å². The zero-order valence-electron chi connectivity index (χ0n) is 14.8. The van der Waals surface area contributed by atoms with Crippen LogP contribution in [0.2, 0.25) is 5.02 Å². The van der Waals surface area contributed by atoms with E-state index >= 15 is 0 Å². The predicted octanol–water partition coefficient (Wildman–Crippen LogP) is 4.23. The molecule has 0 aliphatic carbocycles. The fourth-order valence-electron chi connectivity index (χ4n) is 2.78. The lowest BCUT2D eigenvalue weighted by Gasteiger charge is -2.19. The zero-order chi connectivity index (χ0) is 19.0. The quantitative estimate of drug-likeness (QED) is 0.516. The molecular weight excluding hydrogens is 382 g/mol. The molecule has 0 spiro atoms. The molecule has 0 atom stereocenters. The Morgan fingerprint density at radius 1 is 1.22 bits per heavy atom. The van der Waals surface area contributed by atoms with Crippen LogP contribution >= 0.6 is 22.9 Å². The second kappa shape index (κ2) is 7.09. The Morgan fingerprint density at radius 3 is 2.74 bits per heavy atom. The molecule has 0 aliphatic rings. The summed E-state index contributed by atoms with van der Waals surface area (Å²) in [5.41, 5.74) is 2.59. The van der Waals surface area contributed by atoms with Gasteiger partial charge in [0.05, 0.1) is 27.5 Å². The first-order valence-electron chi connectivity index (χ1n) is 8.29. The Balaban J connectivity index is 1.82. The third-order valence-corrected chi connectivity index (χ3v) is 5.76. The number of fused-ring (bicyclic) bond motifs is 1. The number of anilines is 1. The topological polar surface area (TPSA) is 63.9 Å². The Morgan fingerprint density at radius 2 is 2.07 bits per heavy atom. The van der Waals surface area contributed by atoms with E-state index in [-0.39, 0.29) is 5.91 Å². The molecule has 0 bridgehead atoms. The van der Waals surface area contributed by atoms with Crippen LogP contribution in [0.15, 0.2) is 48.9 Å². The molecular formula is C19H16ClN5OS. The van der Waals surface area contributed by atoms with E-state index in [1.807, 2.05) is 37.3 Å². The van der Waals surface area contributed by atoms with Gasteiger partial charge in [0.2, 0.25) is 0 Å². The van der Waals surface area contributed by atoms with Crippen molar-refractivity contribution in [1.29, 1.82) is 0 Å². The van der Waals surface area contributed by atoms with E-state index in [9.17, 15) is 4.79 Å². The lowest BCUT2D eigenvalue weighted by atomic mass is 10.2. The highest BCUT2D eigenvalue weighted by atomic mass is 35.5. The van der Waals surface area contributed by atoms with Crippen LogP contribution in [0.25, 0.3) is 10.2 Å². The first-order valence-corrected chi connectivity index (χ1v) is 9.49. The van der Waals surface area contributed by atoms with E-state index < -0.39 is 0 Å². The van der Waals surface area contributed by atoms with Gasteiger partial charge in [0, 0.05) is 25.6 Å². The fraction of sp³-hybridized carbons (Fsp3) is 0.158. The molecule has 0 aliphatic heterocycles. The van der Waals surface area contributed by atoms with Crippen molar-refractivity contribution in [3.05, 3.63) is 71.0 Å². The highest BCUT2D eigenvalue weighted by molar-refractivity contribution is 7.23. The largest absolute Gasteiger partial charge is 0.330 e. The van der Waals surface area contributed by atoms with Crippen LogP contribution in [0, 0.1) is 6.92 Å². The van der Waals surface area contributed by atoms with Gasteiger partial charge < -0.3 is 4.57 Å². The predicted molar refractivity (Wildman–Crippen MR) is 107 cm³/mol. The van der Waals surface area contributed by atoms with Crippen molar-refractivity contribution in [3.8, 4) is 0 Å². The molecule has 0 fully saturated rings. The van der Waals surface area contributed by atoms with Crippen LogP contribution in [-0.4, -0.2) is 25.4 Å². The monoisotopic (exact) mass is 397 g/mol. The van der Waals surface area contributed by atoms with Gasteiger partial charge in [-0.25, -0.2) is 9.97 Å². The van der Waals surface area contributed by atoms with E-state index in [0.29, 0.717) is 22.5 Å². The zero-order valence-corrected chi connectivity index (χ0v) is 16.3. The van der Waals surface area contributed by atoms with Gasteiger partial charge in [-0.05, 0) is 30.7 Å². The van der Waals surface area contributed by atoms with Crippen molar-refractivity contribution in [3.63, 3.8) is 0 Å². The number of benzene rings is 1. The van der Waals surface area contributed by atoms with Crippen LogP contribution in [-0.2, 0) is 13.6 Å². The van der Waals surface area contributed by atoms with Gasteiger partial charge in [-0.3, -0.25) is 14.7 Å². The number of aryl methyl sites for hydroxylation is 2. The van der Waals surface area contributed by atoms with Crippen molar-refractivity contribution >= 4 is 44.2 Å². The maximum atomic E-state index is 13.2. The molecule has 1 aromatic carbocycles. The molecule has 136 valence electrons. The Labute approximate surface area is 165 Å². The van der Waals surface area contributed by atoms with E-state index in [2.05, 4.69) is 9.97 Å². The summed E-state index contributed by atoms with van der Waals surface area (Å²) in [7, 11) is 1.79. The summed E-state index contributed by atoms with van der Waals surface area (Å²) >= 11 is 7.74. The van der Waals surface area contributed by atoms with Crippen LogP contribution < -0.4 is 4.90 Å². The number of hydrogen-bond donors (Lipinski definition) is 0. The van der Waals surface area contributed by atoms with E-state index in [1.165, 1.54) is 11.3 Å². The molecule has 8 heteroatoms. The molecule has 4 aromatic rings. The second-order valence-corrected chi connectivity index (χ2v) is 7.50. The van der Waals surface area contributed by atoms with Crippen LogP contribution in [0.1, 0.15) is 21.9 Å². The average Bonchev–Trinajstić information content (AvgIpc) is 3.30. The van der Waals surface area contributed by atoms with Crippen molar-refractivity contribution in [1.82, 2.24) is 19.5 Å². The number of halogens is 1. The summed E-state index contributed by atoms with van der Waals surface area (Å²) in [6, 6.07) is 9.40. The van der Waals surface area contributed by atoms with Gasteiger partial charge in [-0.1, -0.05) is 35.1 Å². The minimum absolute atomic E-state index is 0.235. The van der Waals surface area contributed by atoms with Crippen molar-refractivity contribution < 1.29 is 4.79 Å². The minimum Gasteiger partial charge on any atom is -0.330 e. The number of aromatic nitrogens is 4. The average molecular weight is 398 g/mol. The summed E-state index contributed by atoms with van der Waals surface area (Å²) in [5, 5.41) is 1.20. The second-order valence-electron chi connectivity index (χ2n) is 6.11. The minimum atomic E-state index is -0.235. The van der Waals surface area contributed by atoms with Gasteiger partial charge in [-0.15, -0.1) is 0 Å². The number of hydrogen-bond acceptors (Lipinski definition) is 5. The number of carbonyl (C=O) groups is 1. The molecule has 4 rings (SSSR count). The molecule has 6 nitrogen and oxygen atoms in total. The number of thiazole rings is 1. The van der Waals surface area contributed by atoms with Gasteiger partial charge in [-0.2, -0.15) is 0 Å². The van der Waals surface area contributed by atoms with Crippen LogP contribution in [0.4, 0.5) is 5.13 Å². The molecule has 0 saturated carbocycles. The summed E-state index contributed by atoms with van der Waals surface area (Å²) in [6.45, 7) is 2.27. The number of imidazole rings is 1. The Kier molecular flexibility index (Phi) is 4.63. The molecule has 0 saturated heterocycles. The van der Waals surface area contributed by atoms with Gasteiger partial charge in [0.25, 0.3) is 5.91 Å². The first-order chi connectivity index (χ1) is 13.0. The molecule has 27 heavy (non-hydrogen) atoms. The lowest BCUT2D eigenvalue weighted by molar-refractivity contribution is 0.0972. The van der Waals surface area contributed by atoms with Gasteiger partial charge in [0.1, 0.15) is 0 Å². The number of amides is 1. The Hall–Kier alpha value is -2.77. The van der Waals surface area contributed by atoms with E-state index in [4.69, 9.17) is 16.6 Å². The number of carbonyl (C=O) groups excluding carboxylic acids is 1.